The number of hydrogen-bond acceptors (Lipinski definition) is 5. The lowest BCUT2D eigenvalue weighted by Crippen LogP contribution is -2.53. The van der Waals surface area contributed by atoms with Gasteiger partial charge in [-0.05, 0) is 12.3 Å². The molecule has 1 aromatic rings. The van der Waals surface area contributed by atoms with Gasteiger partial charge in [0.15, 0.2) is 5.16 Å². The first-order valence-electron chi connectivity index (χ1n) is 8.13. The highest BCUT2D eigenvalue weighted by Crippen LogP contribution is 2.17. The number of nitrogens with one attached hydrogen (secondary N) is 1. The molecular weight excluding hydrogens is 310 g/mol. The summed E-state index contributed by atoms with van der Waals surface area (Å²) >= 11 is 1.45. The fourth-order valence-corrected chi connectivity index (χ4v) is 3.49. The lowest BCUT2D eigenvalue weighted by atomic mass is 10.0. The Labute approximate surface area is 142 Å². The predicted octanol–water partition coefficient (Wildman–Crippen LogP) is 1.76. The summed E-state index contributed by atoms with van der Waals surface area (Å²) in [6.07, 6.45) is 2.74. The summed E-state index contributed by atoms with van der Waals surface area (Å²) < 4.78 is 0. The smallest absolute Gasteiger partial charge is 0.233 e. The van der Waals surface area contributed by atoms with Crippen LogP contribution in [0.2, 0.25) is 0 Å². The normalized spacial score (nSPS) is 17.3. The van der Waals surface area contributed by atoms with Gasteiger partial charge in [-0.2, -0.15) is 5.26 Å². The number of thioether (sulfide) groups is 1. The third-order valence-corrected chi connectivity index (χ3v) is 5.01. The van der Waals surface area contributed by atoms with Crippen molar-refractivity contribution in [3.05, 3.63) is 11.9 Å². The molecule has 0 saturated carbocycles. The van der Waals surface area contributed by atoms with Gasteiger partial charge in [0.2, 0.25) is 5.91 Å². The number of H-pyrrole nitrogens is 1. The van der Waals surface area contributed by atoms with Crippen LogP contribution < -0.4 is 0 Å². The van der Waals surface area contributed by atoms with Crippen LogP contribution in [0.25, 0.3) is 0 Å². The largest absolute Gasteiger partial charge is 0.339 e. The zero-order valence-electron chi connectivity index (χ0n) is 14.1. The maximum absolute atomic E-state index is 12.3. The van der Waals surface area contributed by atoms with Crippen LogP contribution in [0.3, 0.4) is 0 Å². The number of rotatable bonds is 6. The summed E-state index contributed by atoms with van der Waals surface area (Å²) in [5, 5.41) is 10.1. The summed E-state index contributed by atoms with van der Waals surface area (Å²) in [6, 6.07) is 2.32. The molecule has 0 bridgehead atoms. The van der Waals surface area contributed by atoms with Crippen molar-refractivity contribution in [3.8, 4) is 6.07 Å². The monoisotopic (exact) mass is 335 g/mol. The Kier molecular flexibility index (Phi) is 6.48. The average Bonchev–Trinajstić information content (AvgIpc) is 3.01. The maximum atomic E-state index is 12.3. The van der Waals surface area contributed by atoms with Crippen molar-refractivity contribution in [3.63, 3.8) is 0 Å². The number of carbonyl (C=O) groups is 1. The predicted molar refractivity (Wildman–Crippen MR) is 91.1 cm³/mol. The first-order valence-corrected chi connectivity index (χ1v) is 9.11. The molecule has 1 saturated heterocycles. The van der Waals surface area contributed by atoms with E-state index < -0.39 is 0 Å². The number of hydrogen-bond donors (Lipinski definition) is 1. The lowest BCUT2D eigenvalue weighted by Gasteiger charge is -2.38. The number of imidazole rings is 1. The van der Waals surface area contributed by atoms with Crippen LogP contribution in [0, 0.1) is 17.2 Å². The molecule has 1 atom stereocenters. The molecule has 7 heteroatoms. The van der Waals surface area contributed by atoms with Crippen molar-refractivity contribution in [2.45, 2.75) is 38.4 Å². The minimum Gasteiger partial charge on any atom is -0.339 e. The first-order chi connectivity index (χ1) is 11.0. The molecule has 1 fully saturated rings. The van der Waals surface area contributed by atoms with Gasteiger partial charge in [-0.25, -0.2) is 4.98 Å². The van der Waals surface area contributed by atoms with E-state index in [4.69, 9.17) is 0 Å². The highest BCUT2D eigenvalue weighted by atomic mass is 32.2. The Morgan fingerprint density at radius 1 is 1.43 bits per heavy atom. The molecule has 1 amide bonds. The lowest BCUT2D eigenvalue weighted by molar-refractivity contribution is -0.130. The maximum Gasteiger partial charge on any atom is 0.233 e. The van der Waals surface area contributed by atoms with Crippen LogP contribution in [0.1, 0.15) is 26.5 Å². The number of aromatic amines is 1. The zero-order valence-corrected chi connectivity index (χ0v) is 14.9. The van der Waals surface area contributed by atoms with Crippen LogP contribution >= 0.6 is 11.8 Å². The summed E-state index contributed by atoms with van der Waals surface area (Å²) in [4.78, 5) is 23.8. The Balaban J connectivity index is 1.78. The van der Waals surface area contributed by atoms with Gasteiger partial charge < -0.3 is 9.88 Å². The Morgan fingerprint density at radius 2 is 2.13 bits per heavy atom. The molecule has 0 aromatic carbocycles. The molecule has 23 heavy (non-hydrogen) atoms. The molecule has 0 unspecified atom stereocenters. The van der Waals surface area contributed by atoms with Gasteiger partial charge in [0.1, 0.15) is 6.04 Å². The number of nitriles is 1. The molecule has 1 aliphatic rings. The number of amides is 1. The molecule has 1 N–H and O–H groups in total. The molecule has 2 heterocycles. The topological polar surface area (TPSA) is 76.0 Å². The van der Waals surface area contributed by atoms with Gasteiger partial charge in [-0.15, -0.1) is 0 Å². The van der Waals surface area contributed by atoms with E-state index in [9.17, 15) is 10.1 Å². The van der Waals surface area contributed by atoms with Crippen molar-refractivity contribution in [1.29, 1.82) is 5.26 Å². The van der Waals surface area contributed by atoms with Crippen molar-refractivity contribution < 1.29 is 4.79 Å². The quantitative estimate of drug-likeness (QED) is 0.802. The van der Waals surface area contributed by atoms with Crippen molar-refractivity contribution in [2.75, 3.05) is 31.9 Å². The summed E-state index contributed by atoms with van der Waals surface area (Å²) in [5.41, 5.74) is 1.09. The van der Waals surface area contributed by atoms with Crippen molar-refractivity contribution in [2.24, 2.45) is 5.92 Å². The van der Waals surface area contributed by atoms with Gasteiger partial charge in [-0.1, -0.05) is 32.5 Å². The second kappa shape index (κ2) is 8.37. The molecule has 2 rings (SSSR count). The second-order valence-corrected chi connectivity index (χ2v) is 7.05. The fraction of sp³-hybridized carbons (Fsp3) is 0.688. The Bertz CT molecular complexity index is 557. The van der Waals surface area contributed by atoms with E-state index in [0.29, 0.717) is 24.8 Å². The number of nitrogens with zero attached hydrogens (tertiary/aromatic N) is 4. The Hall–Kier alpha value is -1.52. The van der Waals surface area contributed by atoms with Gasteiger partial charge in [0.05, 0.1) is 11.8 Å². The number of carbonyl (C=O) groups excluding carboxylic acids is 1. The third-order valence-electron chi connectivity index (χ3n) is 4.14. The van der Waals surface area contributed by atoms with Gasteiger partial charge in [0, 0.05) is 38.1 Å². The molecule has 0 radical (unpaired) electrons. The zero-order chi connectivity index (χ0) is 16.8. The van der Waals surface area contributed by atoms with Gasteiger partial charge in [-0.3, -0.25) is 9.69 Å². The van der Waals surface area contributed by atoms with E-state index in [1.54, 1.807) is 0 Å². The van der Waals surface area contributed by atoms with E-state index in [-0.39, 0.29) is 11.9 Å². The average molecular weight is 335 g/mol. The van der Waals surface area contributed by atoms with E-state index in [1.807, 2.05) is 11.1 Å². The first kappa shape index (κ1) is 17.8. The van der Waals surface area contributed by atoms with Crippen LogP contribution in [-0.4, -0.2) is 63.6 Å². The molecule has 1 aliphatic heterocycles. The number of aromatic nitrogens is 2. The summed E-state index contributed by atoms with van der Waals surface area (Å²) in [6.45, 7) is 9.14. The Morgan fingerprint density at radius 3 is 2.65 bits per heavy atom. The van der Waals surface area contributed by atoms with Crippen LogP contribution in [0.4, 0.5) is 0 Å². The highest BCUT2D eigenvalue weighted by Gasteiger charge is 2.27. The highest BCUT2D eigenvalue weighted by molar-refractivity contribution is 7.99. The summed E-state index contributed by atoms with van der Waals surface area (Å²) in [7, 11) is 0. The molecular formula is C16H25N5OS. The minimum absolute atomic E-state index is 0.0581. The summed E-state index contributed by atoms with van der Waals surface area (Å²) in [5.74, 6) is 0.856. The fourth-order valence-electron chi connectivity index (χ4n) is 2.71. The second-order valence-electron chi connectivity index (χ2n) is 6.09. The number of aryl methyl sites for hydroxylation is 1. The molecule has 1 aromatic heterocycles. The van der Waals surface area contributed by atoms with E-state index in [2.05, 4.69) is 41.7 Å². The van der Waals surface area contributed by atoms with Crippen LogP contribution in [0.15, 0.2) is 11.4 Å². The van der Waals surface area contributed by atoms with E-state index in [1.165, 1.54) is 11.8 Å². The van der Waals surface area contributed by atoms with Crippen molar-refractivity contribution in [1.82, 2.24) is 19.8 Å². The van der Waals surface area contributed by atoms with Gasteiger partial charge in [0.25, 0.3) is 0 Å². The van der Waals surface area contributed by atoms with E-state index >= 15 is 0 Å². The SMILES string of the molecule is CCc1cnc(SCC(=O)N2CCN([C@@H](C#N)C(C)C)CC2)[nH]1. The molecule has 0 aliphatic carbocycles. The molecule has 6 nitrogen and oxygen atoms in total. The molecule has 0 spiro atoms. The third kappa shape index (κ3) is 4.72. The number of piperazine rings is 1. The van der Waals surface area contributed by atoms with Crippen molar-refractivity contribution >= 4 is 17.7 Å². The van der Waals surface area contributed by atoms with E-state index in [0.717, 1.165) is 30.4 Å². The van der Waals surface area contributed by atoms with Crippen LogP contribution in [0.5, 0.6) is 0 Å². The van der Waals surface area contributed by atoms with Crippen LogP contribution in [-0.2, 0) is 11.2 Å². The van der Waals surface area contributed by atoms with Gasteiger partial charge >= 0.3 is 0 Å². The minimum atomic E-state index is -0.0581. The standard InChI is InChI=1S/C16H25N5OS/c1-4-13-10-18-16(19-13)23-11-15(22)21-7-5-20(6-8-21)14(9-17)12(2)3/h10,12,14H,4-8,11H2,1-3H3,(H,18,19)/t14-/m0/s1. The molecule has 126 valence electrons.